The van der Waals surface area contributed by atoms with E-state index in [1.165, 1.54) is 11.8 Å². The summed E-state index contributed by atoms with van der Waals surface area (Å²) in [4.78, 5) is 11.1. The molecular weight excluding hydrogens is 222 g/mol. The van der Waals surface area contributed by atoms with Gasteiger partial charge in [0.2, 0.25) is 5.91 Å². The molecule has 0 saturated heterocycles. The summed E-state index contributed by atoms with van der Waals surface area (Å²) in [5, 5.41) is 2.30. The Kier molecular flexibility index (Phi) is 3.90. The van der Waals surface area contributed by atoms with Gasteiger partial charge < -0.3 is 11.1 Å². The number of halogens is 2. The first-order valence-electron chi connectivity index (χ1n) is 4.08. The molecule has 1 aromatic carbocycles. The summed E-state index contributed by atoms with van der Waals surface area (Å²) in [6.07, 6.45) is 1.74. The normalized spacial score (nSPS) is 10.1. The van der Waals surface area contributed by atoms with Crippen molar-refractivity contribution in [2.75, 3.05) is 23.1 Å². The Balaban J connectivity index is 2.86. The Labute approximate surface area is 90.0 Å². The number of hydrogen-bond donors (Lipinski definition) is 2. The van der Waals surface area contributed by atoms with E-state index < -0.39 is 11.6 Å². The van der Waals surface area contributed by atoms with E-state index in [4.69, 9.17) is 5.73 Å². The lowest BCUT2D eigenvalue weighted by Gasteiger charge is -2.06. The summed E-state index contributed by atoms with van der Waals surface area (Å²) in [6.45, 7) is 0. The lowest BCUT2D eigenvalue weighted by molar-refractivity contribution is -0.113. The molecule has 0 aliphatic heterocycles. The Hall–Kier alpha value is -1.30. The zero-order chi connectivity index (χ0) is 11.4. The van der Waals surface area contributed by atoms with Crippen LogP contribution in [0.15, 0.2) is 12.1 Å². The number of rotatable bonds is 3. The van der Waals surface area contributed by atoms with Crippen LogP contribution >= 0.6 is 11.8 Å². The minimum atomic E-state index is -0.838. The van der Waals surface area contributed by atoms with Crippen LogP contribution in [0.1, 0.15) is 0 Å². The molecule has 0 radical (unpaired) electrons. The van der Waals surface area contributed by atoms with E-state index in [1.54, 1.807) is 6.26 Å². The van der Waals surface area contributed by atoms with Crippen molar-refractivity contribution in [2.24, 2.45) is 0 Å². The van der Waals surface area contributed by atoms with Gasteiger partial charge in [-0.2, -0.15) is 11.8 Å². The second-order valence-electron chi connectivity index (χ2n) is 2.83. The van der Waals surface area contributed by atoms with Crippen LogP contribution in [0.2, 0.25) is 0 Å². The van der Waals surface area contributed by atoms with Crippen LogP contribution in [0.5, 0.6) is 0 Å². The third kappa shape index (κ3) is 3.09. The maximum absolute atomic E-state index is 13.1. The molecular formula is C9H10F2N2OS. The van der Waals surface area contributed by atoms with Crippen molar-refractivity contribution in [3.8, 4) is 0 Å². The van der Waals surface area contributed by atoms with Gasteiger partial charge in [0.05, 0.1) is 17.1 Å². The Bertz CT molecular complexity index is 385. The maximum atomic E-state index is 13.1. The largest absolute Gasteiger partial charge is 0.396 e. The Morgan fingerprint density at radius 1 is 1.47 bits per heavy atom. The average Bonchev–Trinajstić information content (AvgIpc) is 2.14. The minimum Gasteiger partial charge on any atom is -0.396 e. The van der Waals surface area contributed by atoms with E-state index in [1.807, 2.05) is 0 Å². The molecule has 0 fully saturated rings. The van der Waals surface area contributed by atoms with E-state index in [9.17, 15) is 13.6 Å². The molecule has 0 saturated carbocycles. The lowest BCUT2D eigenvalue weighted by Crippen LogP contribution is -2.15. The molecule has 0 heterocycles. The van der Waals surface area contributed by atoms with Gasteiger partial charge in [0.15, 0.2) is 0 Å². The molecule has 1 rings (SSSR count). The third-order valence-electron chi connectivity index (χ3n) is 1.64. The first-order valence-corrected chi connectivity index (χ1v) is 5.47. The number of amides is 1. The van der Waals surface area contributed by atoms with Gasteiger partial charge in [-0.3, -0.25) is 4.79 Å². The van der Waals surface area contributed by atoms with Crippen LogP contribution in [-0.2, 0) is 4.79 Å². The molecule has 3 N–H and O–H groups in total. The lowest BCUT2D eigenvalue weighted by atomic mass is 10.2. The zero-order valence-corrected chi connectivity index (χ0v) is 8.83. The fraction of sp³-hybridized carbons (Fsp3) is 0.222. The average molecular weight is 232 g/mol. The van der Waals surface area contributed by atoms with E-state index in [0.29, 0.717) is 6.07 Å². The molecule has 0 aromatic heterocycles. The number of nitrogens with two attached hydrogens (primary N) is 1. The van der Waals surface area contributed by atoms with Gasteiger partial charge in [-0.15, -0.1) is 0 Å². The van der Waals surface area contributed by atoms with Crippen molar-refractivity contribution in [1.82, 2.24) is 0 Å². The summed E-state index contributed by atoms with van der Waals surface area (Å²) in [7, 11) is 0. The van der Waals surface area contributed by atoms with Gasteiger partial charge in [0.25, 0.3) is 0 Å². The SMILES string of the molecule is CSCC(=O)Nc1cc(N)c(F)cc1F. The number of anilines is 2. The second-order valence-corrected chi connectivity index (χ2v) is 3.70. The molecule has 0 atom stereocenters. The molecule has 0 spiro atoms. The number of hydrogen-bond acceptors (Lipinski definition) is 3. The fourth-order valence-electron chi connectivity index (χ4n) is 0.979. The Morgan fingerprint density at radius 2 is 2.13 bits per heavy atom. The highest BCUT2D eigenvalue weighted by Crippen LogP contribution is 2.21. The predicted octanol–water partition coefficient (Wildman–Crippen LogP) is 1.85. The second kappa shape index (κ2) is 4.97. The number of carbonyl (C=O) groups excluding carboxylic acids is 1. The zero-order valence-electron chi connectivity index (χ0n) is 8.01. The highest BCUT2D eigenvalue weighted by molar-refractivity contribution is 7.99. The first-order chi connectivity index (χ1) is 7.04. The van der Waals surface area contributed by atoms with Gasteiger partial charge in [-0.25, -0.2) is 8.78 Å². The molecule has 3 nitrogen and oxygen atoms in total. The van der Waals surface area contributed by atoms with E-state index in [-0.39, 0.29) is 23.0 Å². The number of carbonyl (C=O) groups is 1. The molecule has 0 aliphatic rings. The number of nitrogen functional groups attached to an aromatic ring is 1. The molecule has 0 unspecified atom stereocenters. The molecule has 1 aromatic rings. The fourth-order valence-corrected chi connectivity index (χ4v) is 1.31. The van der Waals surface area contributed by atoms with Crippen LogP contribution in [-0.4, -0.2) is 17.9 Å². The van der Waals surface area contributed by atoms with Gasteiger partial charge in [-0.1, -0.05) is 0 Å². The monoisotopic (exact) mass is 232 g/mol. The van der Waals surface area contributed by atoms with E-state index in [0.717, 1.165) is 6.07 Å². The van der Waals surface area contributed by atoms with E-state index in [2.05, 4.69) is 5.32 Å². The smallest absolute Gasteiger partial charge is 0.234 e. The van der Waals surface area contributed by atoms with E-state index >= 15 is 0 Å². The molecule has 0 bridgehead atoms. The van der Waals surface area contributed by atoms with Gasteiger partial charge in [0.1, 0.15) is 11.6 Å². The maximum Gasteiger partial charge on any atom is 0.234 e. The van der Waals surface area contributed by atoms with Crippen molar-refractivity contribution in [3.05, 3.63) is 23.8 Å². The number of nitrogens with one attached hydrogen (secondary N) is 1. The standard InChI is InChI=1S/C9H10F2N2OS/c1-15-4-9(14)13-8-3-7(12)5(10)2-6(8)11/h2-3H,4,12H2,1H3,(H,13,14). The molecule has 1 amide bonds. The number of thioether (sulfide) groups is 1. The van der Waals surface area contributed by atoms with Gasteiger partial charge >= 0.3 is 0 Å². The summed E-state index contributed by atoms with van der Waals surface area (Å²) < 4.78 is 25.9. The van der Waals surface area contributed by atoms with Crippen LogP contribution in [0.25, 0.3) is 0 Å². The van der Waals surface area contributed by atoms with Gasteiger partial charge in [-0.05, 0) is 12.3 Å². The first kappa shape index (κ1) is 11.8. The minimum absolute atomic E-state index is 0.104. The third-order valence-corrected chi connectivity index (χ3v) is 2.19. The highest BCUT2D eigenvalue weighted by Gasteiger charge is 2.10. The van der Waals surface area contributed by atoms with Crippen LogP contribution in [0, 0.1) is 11.6 Å². The van der Waals surface area contributed by atoms with Crippen LogP contribution in [0.3, 0.4) is 0 Å². The molecule has 82 valence electrons. The molecule has 15 heavy (non-hydrogen) atoms. The van der Waals surface area contributed by atoms with Crippen molar-refractivity contribution in [1.29, 1.82) is 0 Å². The predicted molar refractivity (Wildman–Crippen MR) is 57.8 cm³/mol. The van der Waals surface area contributed by atoms with Gasteiger partial charge in [0, 0.05) is 6.07 Å². The summed E-state index contributed by atoms with van der Waals surface area (Å²) >= 11 is 1.30. The number of benzene rings is 1. The van der Waals surface area contributed by atoms with Crippen molar-refractivity contribution in [3.63, 3.8) is 0 Å². The molecule has 6 heteroatoms. The quantitative estimate of drug-likeness (QED) is 0.782. The Morgan fingerprint density at radius 3 is 2.73 bits per heavy atom. The molecule has 0 aliphatic carbocycles. The van der Waals surface area contributed by atoms with Crippen molar-refractivity contribution >= 4 is 29.0 Å². The summed E-state index contributed by atoms with van der Waals surface area (Å²) in [5.74, 6) is -1.82. The van der Waals surface area contributed by atoms with Crippen LogP contribution < -0.4 is 11.1 Å². The highest BCUT2D eigenvalue weighted by atomic mass is 32.2. The summed E-state index contributed by atoms with van der Waals surface area (Å²) in [6, 6.07) is 1.70. The van der Waals surface area contributed by atoms with Crippen molar-refractivity contribution < 1.29 is 13.6 Å². The van der Waals surface area contributed by atoms with Crippen LogP contribution in [0.4, 0.5) is 20.2 Å². The van der Waals surface area contributed by atoms with Crippen molar-refractivity contribution in [2.45, 2.75) is 0 Å². The summed E-state index contributed by atoms with van der Waals surface area (Å²) in [5.41, 5.74) is 4.94. The topological polar surface area (TPSA) is 55.1 Å².